The number of amides is 2. The molecule has 1 spiro atoms. The normalized spacial score (nSPS) is 28.9. The molecule has 156 valence electrons. The molecule has 2 aliphatic heterocycles. The summed E-state index contributed by atoms with van der Waals surface area (Å²) in [5.41, 5.74) is 1.66. The van der Waals surface area contributed by atoms with Crippen LogP contribution in [-0.2, 0) is 15.0 Å². The molecule has 3 aliphatic rings. The highest BCUT2D eigenvalue weighted by atomic mass is 35.5. The minimum Gasteiger partial charge on any atom is -0.348 e. The molecule has 2 N–H and O–H groups in total. The van der Waals surface area contributed by atoms with E-state index in [1.807, 2.05) is 42.5 Å². The molecule has 4 nitrogen and oxygen atoms in total. The quantitative estimate of drug-likeness (QED) is 0.631. The molecule has 0 aromatic heterocycles. The molecule has 5 rings (SSSR count). The van der Waals surface area contributed by atoms with Crippen molar-refractivity contribution in [1.82, 2.24) is 5.32 Å². The van der Waals surface area contributed by atoms with Crippen molar-refractivity contribution in [3.8, 4) is 0 Å². The van der Waals surface area contributed by atoms with Gasteiger partial charge >= 0.3 is 0 Å². The monoisotopic (exact) mass is 442 g/mol. The number of halogens is 2. The highest BCUT2D eigenvalue weighted by molar-refractivity contribution is 6.31. The van der Waals surface area contributed by atoms with Crippen molar-refractivity contribution in [2.24, 2.45) is 11.8 Å². The summed E-state index contributed by atoms with van der Waals surface area (Å²) in [7, 11) is 0. The fourth-order valence-electron chi connectivity index (χ4n) is 6.00. The van der Waals surface area contributed by atoms with Crippen molar-refractivity contribution < 1.29 is 9.59 Å². The fourth-order valence-corrected chi connectivity index (χ4v) is 6.37. The summed E-state index contributed by atoms with van der Waals surface area (Å²) < 4.78 is 0. The van der Waals surface area contributed by atoms with Gasteiger partial charge in [0.1, 0.15) is 5.41 Å². The summed E-state index contributed by atoms with van der Waals surface area (Å²) in [4.78, 5) is 26.7. The Morgan fingerprint density at radius 3 is 2.47 bits per heavy atom. The second-order valence-electron chi connectivity index (χ2n) is 8.78. The van der Waals surface area contributed by atoms with Gasteiger partial charge in [-0.2, -0.15) is 0 Å². The molecule has 30 heavy (non-hydrogen) atoms. The lowest BCUT2D eigenvalue weighted by Gasteiger charge is -2.49. The molecule has 3 atom stereocenters. The molecule has 2 aromatic rings. The lowest BCUT2D eigenvalue weighted by molar-refractivity contribution is -0.136. The number of carbonyl (C=O) groups is 2. The maximum Gasteiger partial charge on any atom is 0.237 e. The van der Waals surface area contributed by atoms with Crippen LogP contribution in [0.4, 0.5) is 5.69 Å². The van der Waals surface area contributed by atoms with Gasteiger partial charge in [-0.3, -0.25) is 9.59 Å². The number of carbonyl (C=O) groups excluding carboxylic acids is 2. The molecule has 2 fully saturated rings. The van der Waals surface area contributed by atoms with Gasteiger partial charge in [-0.1, -0.05) is 73.5 Å². The van der Waals surface area contributed by atoms with Gasteiger partial charge in [-0.15, -0.1) is 0 Å². The molecule has 1 saturated heterocycles. The van der Waals surface area contributed by atoms with Gasteiger partial charge in [0.25, 0.3) is 0 Å². The van der Waals surface area contributed by atoms with E-state index in [0.29, 0.717) is 22.4 Å². The van der Waals surface area contributed by atoms with Crippen molar-refractivity contribution in [3.63, 3.8) is 0 Å². The molecule has 2 aromatic carbocycles. The zero-order valence-corrected chi connectivity index (χ0v) is 18.1. The molecular weight excluding hydrogens is 419 g/mol. The summed E-state index contributed by atoms with van der Waals surface area (Å²) in [6.45, 7) is 0. The fraction of sp³-hybridized carbons (Fsp3) is 0.417. The minimum atomic E-state index is -0.874. The van der Waals surface area contributed by atoms with Crippen LogP contribution in [0.1, 0.15) is 55.7 Å². The van der Waals surface area contributed by atoms with E-state index in [0.717, 1.165) is 42.5 Å². The molecular formula is C24H24Cl2N2O2. The molecule has 6 heteroatoms. The Morgan fingerprint density at radius 2 is 1.70 bits per heavy atom. The molecule has 0 radical (unpaired) electrons. The van der Waals surface area contributed by atoms with Crippen LogP contribution in [-0.4, -0.2) is 11.8 Å². The predicted octanol–water partition coefficient (Wildman–Crippen LogP) is 5.64. The van der Waals surface area contributed by atoms with E-state index in [1.165, 1.54) is 6.42 Å². The number of benzene rings is 2. The zero-order valence-electron chi connectivity index (χ0n) is 16.6. The van der Waals surface area contributed by atoms with Gasteiger partial charge in [0.15, 0.2) is 0 Å². The summed E-state index contributed by atoms with van der Waals surface area (Å²) in [6, 6.07) is 12.6. The molecule has 2 heterocycles. The van der Waals surface area contributed by atoms with Crippen LogP contribution in [0.5, 0.6) is 0 Å². The summed E-state index contributed by atoms with van der Waals surface area (Å²) in [5.74, 6) is 0.202. The van der Waals surface area contributed by atoms with Crippen LogP contribution in [0, 0.1) is 11.8 Å². The molecule has 2 amide bonds. The van der Waals surface area contributed by atoms with Crippen LogP contribution in [0.15, 0.2) is 42.5 Å². The lowest BCUT2D eigenvalue weighted by atomic mass is 9.56. The van der Waals surface area contributed by atoms with E-state index in [-0.39, 0.29) is 17.7 Å². The Kier molecular flexibility index (Phi) is 5.03. The Bertz CT molecular complexity index is 1020. The molecule has 1 aliphatic carbocycles. The van der Waals surface area contributed by atoms with E-state index < -0.39 is 11.5 Å². The van der Waals surface area contributed by atoms with E-state index in [9.17, 15) is 9.59 Å². The molecule has 1 saturated carbocycles. The Balaban J connectivity index is 1.74. The van der Waals surface area contributed by atoms with E-state index in [4.69, 9.17) is 23.2 Å². The lowest BCUT2D eigenvalue weighted by Crippen LogP contribution is -2.59. The van der Waals surface area contributed by atoms with E-state index in [2.05, 4.69) is 10.6 Å². The smallest absolute Gasteiger partial charge is 0.237 e. The highest BCUT2D eigenvalue weighted by Gasteiger charge is 2.62. The zero-order chi connectivity index (χ0) is 20.9. The van der Waals surface area contributed by atoms with Gasteiger partial charge in [0.2, 0.25) is 11.8 Å². The van der Waals surface area contributed by atoms with Gasteiger partial charge in [0, 0.05) is 22.2 Å². The standard InChI is InChI=1S/C24H24Cl2N2O2/c25-16-8-4-7-15(11-16)22-24(18-10-9-17(26)12-20(18)27-23(24)30)19(13-21(29)28-22)14-5-2-1-3-6-14/h4,7-12,14,19,22H,1-3,5-6,13H2,(H,27,30)(H,28,29). The van der Waals surface area contributed by atoms with Crippen molar-refractivity contribution >= 4 is 40.7 Å². The van der Waals surface area contributed by atoms with Crippen LogP contribution in [0.3, 0.4) is 0 Å². The Morgan fingerprint density at radius 1 is 0.933 bits per heavy atom. The number of rotatable bonds is 2. The van der Waals surface area contributed by atoms with Gasteiger partial charge in [-0.25, -0.2) is 0 Å². The van der Waals surface area contributed by atoms with Crippen LogP contribution in [0.2, 0.25) is 10.0 Å². The first kappa shape index (κ1) is 19.9. The number of hydrogen-bond donors (Lipinski definition) is 2. The summed E-state index contributed by atoms with van der Waals surface area (Å²) in [5, 5.41) is 7.42. The largest absolute Gasteiger partial charge is 0.348 e. The van der Waals surface area contributed by atoms with Gasteiger partial charge in [0.05, 0.1) is 6.04 Å². The number of piperidine rings is 1. The van der Waals surface area contributed by atoms with Crippen molar-refractivity contribution in [3.05, 3.63) is 63.6 Å². The second-order valence-corrected chi connectivity index (χ2v) is 9.65. The van der Waals surface area contributed by atoms with E-state index in [1.54, 1.807) is 0 Å². The maximum absolute atomic E-state index is 13.8. The third-order valence-electron chi connectivity index (χ3n) is 7.20. The van der Waals surface area contributed by atoms with Crippen LogP contribution < -0.4 is 10.6 Å². The number of hydrogen-bond acceptors (Lipinski definition) is 2. The first-order chi connectivity index (χ1) is 14.5. The minimum absolute atomic E-state index is 0.00334. The number of nitrogens with one attached hydrogen (secondary N) is 2. The predicted molar refractivity (Wildman–Crippen MR) is 119 cm³/mol. The first-order valence-electron chi connectivity index (χ1n) is 10.7. The third kappa shape index (κ3) is 3.04. The summed E-state index contributed by atoms with van der Waals surface area (Å²) in [6.07, 6.45) is 5.98. The second kappa shape index (κ2) is 7.58. The van der Waals surface area contributed by atoms with Crippen molar-refractivity contribution in [2.45, 2.75) is 50.0 Å². The Hall–Kier alpha value is -2.04. The Labute approximate surface area is 186 Å². The van der Waals surface area contributed by atoms with Crippen LogP contribution >= 0.6 is 23.2 Å². The van der Waals surface area contributed by atoms with Crippen molar-refractivity contribution in [1.29, 1.82) is 0 Å². The number of fused-ring (bicyclic) bond motifs is 2. The SMILES string of the molecule is O=C1CC(C2CCCCC2)C2(C(=O)Nc3cc(Cl)ccc32)C(c2cccc(Cl)c2)N1. The van der Waals surface area contributed by atoms with E-state index >= 15 is 0 Å². The van der Waals surface area contributed by atoms with Gasteiger partial charge < -0.3 is 10.6 Å². The summed E-state index contributed by atoms with van der Waals surface area (Å²) >= 11 is 12.5. The molecule has 0 bridgehead atoms. The third-order valence-corrected chi connectivity index (χ3v) is 7.67. The maximum atomic E-state index is 13.8. The molecule has 3 unspecified atom stereocenters. The average Bonchev–Trinajstić information content (AvgIpc) is 3.01. The average molecular weight is 443 g/mol. The first-order valence-corrected chi connectivity index (χ1v) is 11.4. The topological polar surface area (TPSA) is 58.2 Å². The highest BCUT2D eigenvalue weighted by Crippen LogP contribution is 2.57. The van der Waals surface area contributed by atoms with Crippen molar-refractivity contribution in [2.75, 3.05) is 5.32 Å². The van der Waals surface area contributed by atoms with Gasteiger partial charge in [-0.05, 0) is 47.2 Å². The van der Waals surface area contributed by atoms with Crippen LogP contribution in [0.25, 0.3) is 0 Å². The number of anilines is 1.